The molecule has 0 radical (unpaired) electrons. The number of nitrogens with one attached hydrogen (secondary N) is 3. The lowest BCUT2D eigenvalue weighted by Crippen LogP contribution is -2.48. The number of hydroxylamine groups is 1. The zero-order valence-electron chi connectivity index (χ0n) is 14.3. The minimum Gasteiger partial charge on any atom is -0.481 e. The summed E-state index contributed by atoms with van der Waals surface area (Å²) in [4.78, 5) is 40.3. The van der Waals surface area contributed by atoms with Gasteiger partial charge in [0, 0.05) is 6.42 Å². The maximum absolute atomic E-state index is 12.3. The van der Waals surface area contributed by atoms with Gasteiger partial charge in [0.15, 0.2) is 0 Å². The maximum atomic E-state index is 12.3. The molecule has 9 nitrogen and oxygen atoms in total. The van der Waals surface area contributed by atoms with Crippen LogP contribution in [0.2, 0.25) is 0 Å². The Morgan fingerprint density at radius 1 is 1.30 bits per heavy atom. The lowest BCUT2D eigenvalue weighted by molar-refractivity contribution is -0.137. The van der Waals surface area contributed by atoms with Gasteiger partial charge >= 0.3 is 12.1 Å². The Balaban J connectivity index is 1.84. The summed E-state index contributed by atoms with van der Waals surface area (Å²) in [5.74, 6) is -1.59. The van der Waals surface area contributed by atoms with E-state index < -0.39 is 24.0 Å². The van der Waals surface area contributed by atoms with Gasteiger partial charge in [-0.15, -0.1) is 0 Å². The Hall–Kier alpha value is -2.59. The summed E-state index contributed by atoms with van der Waals surface area (Å²) >= 11 is 3.20. The molecule has 10 heteroatoms. The molecule has 1 aromatic carbocycles. The Kier molecular flexibility index (Phi) is 8.08. The second-order valence-electron chi connectivity index (χ2n) is 5.71. The molecule has 0 aliphatic carbocycles. The van der Waals surface area contributed by atoms with E-state index in [1.807, 2.05) is 18.2 Å². The fraction of sp³-hybridized carbons (Fsp3) is 0.353. The molecule has 1 heterocycles. The number of rotatable bonds is 9. The van der Waals surface area contributed by atoms with E-state index in [2.05, 4.69) is 32.0 Å². The third kappa shape index (κ3) is 7.67. The van der Waals surface area contributed by atoms with Crippen LogP contribution < -0.4 is 16.1 Å². The van der Waals surface area contributed by atoms with Crippen molar-refractivity contribution in [1.82, 2.24) is 16.1 Å². The SMILES string of the molecule is O=C(O)CC[C@H](NC(=O)OCc1ccccc1)C(=O)NCC1C=C(Br)NO1. The average Bonchev–Trinajstić information content (AvgIpc) is 3.07. The van der Waals surface area contributed by atoms with Crippen LogP contribution >= 0.6 is 15.9 Å². The van der Waals surface area contributed by atoms with Gasteiger partial charge in [-0.25, -0.2) is 4.79 Å². The minimum absolute atomic E-state index is 0.0420. The molecular formula is C17H20BrN3O6. The second-order valence-corrected chi connectivity index (χ2v) is 6.56. The summed E-state index contributed by atoms with van der Waals surface area (Å²) in [5, 5.41) is 13.9. The zero-order valence-corrected chi connectivity index (χ0v) is 15.9. The molecule has 1 aromatic rings. The number of ether oxygens (including phenoxy) is 1. The number of amides is 2. The summed E-state index contributed by atoms with van der Waals surface area (Å²) < 4.78 is 5.72. The van der Waals surface area contributed by atoms with E-state index in [9.17, 15) is 14.4 Å². The van der Waals surface area contributed by atoms with Gasteiger partial charge < -0.3 is 20.5 Å². The molecule has 146 valence electrons. The largest absolute Gasteiger partial charge is 0.481 e. The van der Waals surface area contributed by atoms with E-state index >= 15 is 0 Å². The molecule has 27 heavy (non-hydrogen) atoms. The molecule has 0 bridgehead atoms. The summed E-state index contributed by atoms with van der Waals surface area (Å²) in [7, 11) is 0. The number of halogens is 1. The van der Waals surface area contributed by atoms with Crippen molar-refractivity contribution in [3.05, 3.63) is 46.6 Å². The first-order chi connectivity index (χ1) is 12.9. The van der Waals surface area contributed by atoms with Crippen molar-refractivity contribution in [2.24, 2.45) is 0 Å². The summed E-state index contributed by atoms with van der Waals surface area (Å²) in [6.07, 6.45) is 0.197. The van der Waals surface area contributed by atoms with Gasteiger partial charge in [0.2, 0.25) is 5.91 Å². The number of benzene rings is 1. The topological polar surface area (TPSA) is 126 Å². The number of hydrogen-bond donors (Lipinski definition) is 4. The molecule has 0 saturated carbocycles. The number of carbonyl (C=O) groups excluding carboxylic acids is 2. The number of carbonyl (C=O) groups is 3. The highest BCUT2D eigenvalue weighted by atomic mass is 79.9. The van der Waals surface area contributed by atoms with Gasteiger partial charge in [0.1, 0.15) is 23.4 Å². The Bertz CT molecular complexity index is 697. The first kappa shape index (κ1) is 20.7. The van der Waals surface area contributed by atoms with Gasteiger partial charge in [-0.3, -0.25) is 19.9 Å². The number of hydrogen-bond acceptors (Lipinski definition) is 6. The van der Waals surface area contributed by atoms with Gasteiger partial charge in [0.05, 0.1) is 6.54 Å². The molecule has 0 saturated heterocycles. The van der Waals surface area contributed by atoms with E-state index in [4.69, 9.17) is 14.7 Å². The monoisotopic (exact) mass is 441 g/mol. The lowest BCUT2D eigenvalue weighted by Gasteiger charge is -2.18. The van der Waals surface area contributed by atoms with Crippen LogP contribution in [-0.2, 0) is 25.8 Å². The van der Waals surface area contributed by atoms with Crippen molar-refractivity contribution in [2.45, 2.75) is 31.6 Å². The van der Waals surface area contributed by atoms with E-state index in [1.54, 1.807) is 18.2 Å². The second kappa shape index (κ2) is 10.5. The number of carboxylic acid groups (broad SMARTS) is 1. The molecule has 1 aliphatic heterocycles. The zero-order chi connectivity index (χ0) is 19.6. The van der Waals surface area contributed by atoms with Gasteiger partial charge in [-0.1, -0.05) is 30.3 Å². The van der Waals surface area contributed by atoms with Gasteiger partial charge in [0.25, 0.3) is 0 Å². The predicted octanol–water partition coefficient (Wildman–Crippen LogP) is 1.40. The van der Waals surface area contributed by atoms with Crippen LogP contribution in [0.25, 0.3) is 0 Å². The van der Waals surface area contributed by atoms with Crippen LogP contribution in [0.4, 0.5) is 4.79 Å². The highest BCUT2D eigenvalue weighted by Gasteiger charge is 2.24. The number of carboxylic acids is 1. The molecule has 0 spiro atoms. The van der Waals surface area contributed by atoms with Crippen molar-refractivity contribution in [3.8, 4) is 0 Å². The molecule has 4 N–H and O–H groups in total. The summed E-state index contributed by atoms with van der Waals surface area (Å²) in [5.41, 5.74) is 3.38. The van der Waals surface area contributed by atoms with Crippen LogP contribution in [-0.4, -0.2) is 41.8 Å². The van der Waals surface area contributed by atoms with Crippen molar-refractivity contribution in [3.63, 3.8) is 0 Å². The van der Waals surface area contributed by atoms with E-state index in [0.29, 0.717) is 4.61 Å². The quantitative estimate of drug-likeness (QED) is 0.426. The van der Waals surface area contributed by atoms with Crippen molar-refractivity contribution >= 4 is 33.9 Å². The highest BCUT2D eigenvalue weighted by molar-refractivity contribution is 9.11. The van der Waals surface area contributed by atoms with Crippen molar-refractivity contribution < 1.29 is 29.1 Å². The van der Waals surface area contributed by atoms with E-state index in [0.717, 1.165) is 5.56 Å². The van der Waals surface area contributed by atoms with Gasteiger partial charge in [-0.2, -0.15) is 0 Å². The van der Waals surface area contributed by atoms with Crippen molar-refractivity contribution in [1.29, 1.82) is 0 Å². The molecule has 2 atom stereocenters. The first-order valence-corrected chi connectivity index (χ1v) is 8.99. The normalized spacial score (nSPS) is 16.6. The third-order valence-corrected chi connectivity index (χ3v) is 4.01. The number of alkyl carbamates (subject to hydrolysis) is 1. The Labute approximate surface area is 164 Å². The maximum Gasteiger partial charge on any atom is 0.408 e. The lowest BCUT2D eigenvalue weighted by atomic mass is 10.1. The van der Waals surface area contributed by atoms with Crippen molar-refractivity contribution in [2.75, 3.05) is 6.54 Å². The van der Waals surface area contributed by atoms with Crippen LogP contribution in [0.1, 0.15) is 18.4 Å². The average molecular weight is 442 g/mol. The van der Waals surface area contributed by atoms with Crippen LogP contribution in [0.5, 0.6) is 0 Å². The Morgan fingerprint density at radius 2 is 2.04 bits per heavy atom. The fourth-order valence-electron chi connectivity index (χ4n) is 2.23. The number of aliphatic carboxylic acids is 1. The molecule has 2 amide bonds. The smallest absolute Gasteiger partial charge is 0.408 e. The standard InChI is InChI=1S/C17H20BrN3O6/c18-14-8-12(27-21-14)9-19-16(24)13(6-7-15(22)23)20-17(25)26-10-11-4-2-1-3-5-11/h1-5,8,12-13,21H,6-7,9-10H2,(H,19,24)(H,20,25)(H,22,23)/t12?,13-/m0/s1. The summed E-state index contributed by atoms with van der Waals surface area (Å²) in [6.45, 7) is 0.200. The molecule has 1 unspecified atom stereocenters. The summed E-state index contributed by atoms with van der Waals surface area (Å²) in [6, 6.07) is 8.02. The van der Waals surface area contributed by atoms with Crippen LogP contribution in [0, 0.1) is 0 Å². The van der Waals surface area contributed by atoms with Crippen LogP contribution in [0.15, 0.2) is 41.0 Å². The van der Waals surface area contributed by atoms with Gasteiger partial charge in [-0.05, 0) is 34.0 Å². The first-order valence-electron chi connectivity index (χ1n) is 8.19. The Morgan fingerprint density at radius 3 is 2.67 bits per heavy atom. The van der Waals surface area contributed by atoms with Crippen LogP contribution in [0.3, 0.4) is 0 Å². The molecule has 0 aromatic heterocycles. The minimum atomic E-state index is -1.07. The molecule has 2 rings (SSSR count). The van der Waals surface area contributed by atoms with E-state index in [1.165, 1.54) is 0 Å². The molecular weight excluding hydrogens is 422 g/mol. The molecule has 1 aliphatic rings. The predicted molar refractivity (Wildman–Crippen MR) is 98.4 cm³/mol. The highest BCUT2D eigenvalue weighted by Crippen LogP contribution is 2.11. The van der Waals surface area contributed by atoms with E-state index in [-0.39, 0.29) is 32.1 Å². The third-order valence-electron chi connectivity index (χ3n) is 3.59. The molecule has 0 fully saturated rings. The fourth-order valence-corrected chi connectivity index (χ4v) is 2.62.